The average molecular weight is 250 g/mol. The van der Waals surface area contributed by atoms with Gasteiger partial charge in [0.2, 0.25) is 0 Å². The fraction of sp³-hybridized carbons (Fsp3) is 0.600. The van der Waals surface area contributed by atoms with Gasteiger partial charge in [-0.25, -0.2) is 4.39 Å². The van der Waals surface area contributed by atoms with E-state index in [1.165, 1.54) is 12.8 Å². The lowest BCUT2D eigenvalue weighted by Crippen LogP contribution is -2.39. The third kappa shape index (κ3) is 3.30. The van der Waals surface area contributed by atoms with E-state index in [4.69, 9.17) is 5.73 Å². The average Bonchev–Trinajstić information content (AvgIpc) is 2.33. The number of hydrogen-bond donors (Lipinski definition) is 2. The van der Waals surface area contributed by atoms with Gasteiger partial charge in [0.05, 0.1) is 0 Å². The Hall–Kier alpha value is -0.930. The Bertz CT molecular complexity index is 394. The van der Waals surface area contributed by atoms with Gasteiger partial charge in [0.15, 0.2) is 0 Å². The maximum absolute atomic E-state index is 13.5. The van der Waals surface area contributed by atoms with Crippen molar-refractivity contribution in [2.24, 2.45) is 5.73 Å². The lowest BCUT2D eigenvalue weighted by atomic mass is 9.91. The predicted octanol–water partition coefficient (Wildman–Crippen LogP) is 2.80. The van der Waals surface area contributed by atoms with Crippen molar-refractivity contribution in [3.63, 3.8) is 0 Å². The molecule has 0 saturated heterocycles. The monoisotopic (exact) mass is 250 g/mol. The fourth-order valence-electron chi connectivity index (χ4n) is 2.81. The van der Waals surface area contributed by atoms with Crippen LogP contribution < -0.4 is 11.1 Å². The second kappa shape index (κ2) is 5.81. The van der Waals surface area contributed by atoms with Crippen LogP contribution in [0.15, 0.2) is 12.1 Å². The molecule has 18 heavy (non-hydrogen) atoms. The quantitative estimate of drug-likeness (QED) is 0.865. The number of nitrogens with two attached hydrogens (primary N) is 1. The van der Waals surface area contributed by atoms with E-state index in [1.807, 2.05) is 26.0 Å². The van der Waals surface area contributed by atoms with E-state index >= 15 is 0 Å². The molecule has 1 saturated carbocycles. The third-order valence-electron chi connectivity index (χ3n) is 3.81. The normalized spacial score (nSPS) is 24.2. The summed E-state index contributed by atoms with van der Waals surface area (Å²) in [4.78, 5) is 0. The number of rotatable bonds is 3. The standard InChI is InChI=1S/C15H23FN2/c1-10-6-12(7-11(2)15(10)16)9-18-14-5-3-4-13(17)8-14/h6-7,13-14,18H,3-5,8-9,17H2,1-2H3. The van der Waals surface area contributed by atoms with E-state index < -0.39 is 0 Å². The lowest BCUT2D eigenvalue weighted by Gasteiger charge is -2.27. The molecule has 2 unspecified atom stereocenters. The van der Waals surface area contributed by atoms with Crippen molar-refractivity contribution < 1.29 is 4.39 Å². The topological polar surface area (TPSA) is 38.0 Å². The number of halogens is 1. The minimum absolute atomic E-state index is 0.0848. The highest BCUT2D eigenvalue weighted by Gasteiger charge is 2.18. The summed E-state index contributed by atoms with van der Waals surface area (Å²) >= 11 is 0. The first-order valence-electron chi connectivity index (χ1n) is 6.81. The molecule has 0 aliphatic heterocycles. The third-order valence-corrected chi connectivity index (χ3v) is 3.81. The van der Waals surface area contributed by atoms with Crippen molar-refractivity contribution in [3.05, 3.63) is 34.6 Å². The Morgan fingerprint density at radius 3 is 2.56 bits per heavy atom. The van der Waals surface area contributed by atoms with E-state index in [2.05, 4.69) is 5.32 Å². The van der Waals surface area contributed by atoms with Crippen LogP contribution in [0.3, 0.4) is 0 Å². The van der Waals surface area contributed by atoms with Crippen LogP contribution in [0.1, 0.15) is 42.4 Å². The highest BCUT2D eigenvalue weighted by Crippen LogP contribution is 2.18. The zero-order valence-electron chi connectivity index (χ0n) is 11.3. The molecule has 2 nitrogen and oxygen atoms in total. The summed E-state index contributed by atoms with van der Waals surface area (Å²) < 4.78 is 13.5. The van der Waals surface area contributed by atoms with Gasteiger partial charge in [-0.1, -0.05) is 18.6 Å². The van der Waals surface area contributed by atoms with Crippen molar-refractivity contribution in [1.82, 2.24) is 5.32 Å². The first-order chi connectivity index (χ1) is 8.56. The molecule has 1 aliphatic carbocycles. The molecule has 100 valence electrons. The van der Waals surface area contributed by atoms with Gasteiger partial charge in [-0.05, 0) is 49.8 Å². The van der Waals surface area contributed by atoms with Crippen molar-refractivity contribution in [3.8, 4) is 0 Å². The summed E-state index contributed by atoms with van der Waals surface area (Å²) in [6.07, 6.45) is 4.61. The smallest absolute Gasteiger partial charge is 0.129 e. The molecule has 3 heteroatoms. The molecule has 0 amide bonds. The number of aryl methyl sites for hydroxylation is 2. The van der Waals surface area contributed by atoms with Gasteiger partial charge >= 0.3 is 0 Å². The zero-order valence-corrected chi connectivity index (χ0v) is 11.3. The Kier molecular flexibility index (Phi) is 4.36. The molecular weight excluding hydrogens is 227 g/mol. The van der Waals surface area contributed by atoms with Gasteiger partial charge in [0.25, 0.3) is 0 Å². The van der Waals surface area contributed by atoms with Gasteiger partial charge in [-0.15, -0.1) is 0 Å². The Balaban J connectivity index is 1.94. The summed E-state index contributed by atoms with van der Waals surface area (Å²) in [6, 6.07) is 4.71. The molecular formula is C15H23FN2. The highest BCUT2D eigenvalue weighted by molar-refractivity contribution is 5.30. The predicted molar refractivity (Wildman–Crippen MR) is 72.9 cm³/mol. The van der Waals surface area contributed by atoms with Crippen LogP contribution in [-0.4, -0.2) is 12.1 Å². The van der Waals surface area contributed by atoms with Crippen LogP contribution in [0.5, 0.6) is 0 Å². The molecule has 0 bridgehead atoms. The van der Waals surface area contributed by atoms with Crippen molar-refractivity contribution in [2.45, 2.75) is 58.2 Å². The lowest BCUT2D eigenvalue weighted by molar-refractivity contribution is 0.338. The zero-order chi connectivity index (χ0) is 13.1. The van der Waals surface area contributed by atoms with Gasteiger partial charge < -0.3 is 11.1 Å². The Morgan fingerprint density at radius 2 is 1.94 bits per heavy atom. The minimum atomic E-state index is -0.0848. The first-order valence-corrected chi connectivity index (χ1v) is 6.81. The summed E-state index contributed by atoms with van der Waals surface area (Å²) in [6.45, 7) is 4.45. The van der Waals surface area contributed by atoms with E-state index in [1.54, 1.807) is 0 Å². The largest absolute Gasteiger partial charge is 0.328 e. The second-order valence-electron chi connectivity index (χ2n) is 5.55. The van der Waals surface area contributed by atoms with Gasteiger partial charge in [0.1, 0.15) is 5.82 Å². The van der Waals surface area contributed by atoms with E-state index in [-0.39, 0.29) is 5.82 Å². The number of benzene rings is 1. The van der Waals surface area contributed by atoms with Crippen LogP contribution in [0.4, 0.5) is 4.39 Å². The van der Waals surface area contributed by atoms with E-state index in [0.717, 1.165) is 36.1 Å². The first kappa shape index (κ1) is 13.5. The number of hydrogen-bond acceptors (Lipinski definition) is 2. The van der Waals surface area contributed by atoms with Crippen molar-refractivity contribution in [1.29, 1.82) is 0 Å². The molecule has 2 atom stereocenters. The SMILES string of the molecule is Cc1cc(CNC2CCCC(N)C2)cc(C)c1F. The van der Waals surface area contributed by atoms with Crippen LogP contribution >= 0.6 is 0 Å². The molecule has 1 fully saturated rings. The van der Waals surface area contributed by atoms with Crippen molar-refractivity contribution in [2.75, 3.05) is 0 Å². The van der Waals surface area contributed by atoms with Gasteiger partial charge in [0, 0.05) is 18.6 Å². The van der Waals surface area contributed by atoms with Crippen LogP contribution in [0, 0.1) is 19.7 Å². The maximum atomic E-state index is 13.5. The molecule has 0 spiro atoms. The molecule has 1 aliphatic rings. The summed E-state index contributed by atoms with van der Waals surface area (Å²) in [5.41, 5.74) is 8.59. The molecule has 1 aromatic carbocycles. The van der Waals surface area contributed by atoms with Gasteiger partial charge in [-0.2, -0.15) is 0 Å². The van der Waals surface area contributed by atoms with Crippen LogP contribution in [-0.2, 0) is 6.54 Å². The van der Waals surface area contributed by atoms with E-state index in [9.17, 15) is 4.39 Å². The summed E-state index contributed by atoms with van der Waals surface area (Å²) in [7, 11) is 0. The molecule has 0 radical (unpaired) electrons. The minimum Gasteiger partial charge on any atom is -0.328 e. The maximum Gasteiger partial charge on any atom is 0.129 e. The molecule has 0 aromatic heterocycles. The van der Waals surface area contributed by atoms with E-state index in [0.29, 0.717) is 12.1 Å². The Labute approximate surface area is 109 Å². The second-order valence-corrected chi connectivity index (χ2v) is 5.55. The highest BCUT2D eigenvalue weighted by atomic mass is 19.1. The van der Waals surface area contributed by atoms with Crippen LogP contribution in [0.25, 0.3) is 0 Å². The molecule has 0 heterocycles. The summed E-state index contributed by atoms with van der Waals surface area (Å²) in [5, 5.41) is 3.54. The molecule has 2 rings (SSSR count). The molecule has 3 N–H and O–H groups in total. The van der Waals surface area contributed by atoms with Crippen LogP contribution in [0.2, 0.25) is 0 Å². The number of nitrogens with one attached hydrogen (secondary N) is 1. The fourth-order valence-corrected chi connectivity index (χ4v) is 2.81. The summed E-state index contributed by atoms with van der Waals surface area (Å²) in [5.74, 6) is -0.0848. The molecule has 1 aromatic rings. The van der Waals surface area contributed by atoms with Crippen molar-refractivity contribution >= 4 is 0 Å². The Morgan fingerprint density at radius 1 is 1.28 bits per heavy atom. The van der Waals surface area contributed by atoms with Gasteiger partial charge in [-0.3, -0.25) is 0 Å².